The summed E-state index contributed by atoms with van der Waals surface area (Å²) in [6.07, 6.45) is 11.8. The van der Waals surface area contributed by atoms with Crippen LogP contribution in [0.25, 0.3) is 11.0 Å². The van der Waals surface area contributed by atoms with Crippen molar-refractivity contribution in [1.29, 1.82) is 0 Å². The number of aromatic nitrogens is 4. The number of nitrogens with one attached hydrogen (secondary N) is 2. The van der Waals surface area contributed by atoms with Gasteiger partial charge in [0.05, 0.1) is 16.8 Å². The van der Waals surface area contributed by atoms with E-state index in [9.17, 15) is 8.42 Å². The van der Waals surface area contributed by atoms with E-state index in [-0.39, 0.29) is 5.75 Å². The summed E-state index contributed by atoms with van der Waals surface area (Å²) in [6, 6.07) is 15.2. The average molecular weight is 530 g/mol. The SMILES string of the molecule is CN(c1ccc2c(c1)nc(NCC1=CCCC=C1)n2C)c1ccnc(Nc2ccc(CS(C)(=O)=O)cc2)n1. The van der Waals surface area contributed by atoms with Gasteiger partial charge in [0.15, 0.2) is 9.84 Å². The molecule has 0 saturated carbocycles. The fraction of sp³-hybridized carbons (Fsp3) is 0.250. The predicted octanol–water partition coefficient (Wildman–Crippen LogP) is 5.11. The van der Waals surface area contributed by atoms with Gasteiger partial charge in [0.25, 0.3) is 0 Å². The molecule has 0 amide bonds. The molecule has 1 aliphatic rings. The van der Waals surface area contributed by atoms with Crippen LogP contribution in [-0.2, 0) is 22.6 Å². The van der Waals surface area contributed by atoms with Crippen molar-refractivity contribution in [3.8, 4) is 0 Å². The highest BCUT2D eigenvalue weighted by Crippen LogP contribution is 2.28. The van der Waals surface area contributed by atoms with E-state index >= 15 is 0 Å². The van der Waals surface area contributed by atoms with Crippen LogP contribution in [0.1, 0.15) is 18.4 Å². The molecule has 0 unspecified atom stereocenters. The lowest BCUT2D eigenvalue weighted by molar-refractivity contribution is 0.601. The first-order valence-electron chi connectivity index (χ1n) is 12.4. The Labute approximate surface area is 222 Å². The van der Waals surface area contributed by atoms with Gasteiger partial charge in [-0.2, -0.15) is 4.98 Å². The second-order valence-electron chi connectivity index (χ2n) is 9.47. The Balaban J connectivity index is 1.30. The third kappa shape index (κ3) is 6.03. The van der Waals surface area contributed by atoms with E-state index in [2.05, 4.69) is 61.6 Å². The standard InChI is InChI=1S/C28H31N7O2S/c1-34(26-15-16-29-27(33-26)31-22-11-9-21(10-12-22)19-38(3,36)37)23-13-14-25-24(17-23)32-28(35(25)2)30-18-20-7-5-4-6-8-20/h5,7-17H,4,6,18-19H2,1-3H3,(H,30,32)(H,29,31,33). The Morgan fingerprint density at radius 3 is 2.61 bits per heavy atom. The van der Waals surface area contributed by atoms with Gasteiger partial charge in [0, 0.05) is 44.5 Å². The molecule has 4 aromatic rings. The van der Waals surface area contributed by atoms with Gasteiger partial charge < -0.3 is 20.1 Å². The van der Waals surface area contributed by atoms with Gasteiger partial charge >= 0.3 is 0 Å². The first-order valence-corrected chi connectivity index (χ1v) is 14.5. The number of imidazole rings is 1. The van der Waals surface area contributed by atoms with Gasteiger partial charge in [-0.05, 0) is 60.4 Å². The maximum atomic E-state index is 11.5. The summed E-state index contributed by atoms with van der Waals surface area (Å²) in [5.74, 6) is 2.01. The Kier molecular flexibility index (Phi) is 7.15. The smallest absolute Gasteiger partial charge is 0.229 e. The molecular formula is C28H31N7O2S. The summed E-state index contributed by atoms with van der Waals surface area (Å²) in [7, 11) is 0.894. The lowest BCUT2D eigenvalue weighted by atomic mass is 10.1. The summed E-state index contributed by atoms with van der Waals surface area (Å²) >= 11 is 0. The van der Waals surface area contributed by atoms with Crippen LogP contribution in [0.15, 0.2) is 78.5 Å². The summed E-state index contributed by atoms with van der Waals surface area (Å²) in [5, 5.41) is 6.65. The minimum absolute atomic E-state index is 0.0116. The third-order valence-corrected chi connectivity index (χ3v) is 7.26. The number of fused-ring (bicyclic) bond motifs is 1. The molecule has 0 aliphatic heterocycles. The van der Waals surface area contributed by atoms with E-state index in [4.69, 9.17) is 4.98 Å². The summed E-state index contributed by atoms with van der Waals surface area (Å²) in [4.78, 5) is 15.8. The van der Waals surface area contributed by atoms with Crippen molar-refractivity contribution in [3.05, 3.63) is 84.1 Å². The first kappa shape index (κ1) is 25.5. The zero-order chi connectivity index (χ0) is 26.7. The Morgan fingerprint density at radius 1 is 1.05 bits per heavy atom. The maximum absolute atomic E-state index is 11.5. The quantitative estimate of drug-likeness (QED) is 0.308. The molecule has 0 fully saturated rings. The maximum Gasteiger partial charge on any atom is 0.229 e. The summed E-state index contributed by atoms with van der Waals surface area (Å²) in [6.45, 7) is 0.748. The highest BCUT2D eigenvalue weighted by Gasteiger charge is 2.13. The van der Waals surface area contributed by atoms with Crippen molar-refractivity contribution in [2.75, 3.05) is 35.4 Å². The van der Waals surface area contributed by atoms with Crippen LogP contribution in [0, 0.1) is 0 Å². The topological polar surface area (TPSA) is 105 Å². The van der Waals surface area contributed by atoms with E-state index < -0.39 is 9.84 Å². The number of sulfone groups is 1. The molecule has 0 spiro atoms. The molecule has 2 N–H and O–H groups in total. The fourth-order valence-electron chi connectivity index (χ4n) is 4.38. The number of benzene rings is 2. The van der Waals surface area contributed by atoms with Crippen molar-refractivity contribution in [1.82, 2.24) is 19.5 Å². The molecule has 196 valence electrons. The lowest BCUT2D eigenvalue weighted by Crippen LogP contribution is -2.12. The number of aryl methyl sites for hydroxylation is 1. The molecule has 5 rings (SSSR count). The number of nitrogens with zero attached hydrogens (tertiary/aromatic N) is 5. The molecule has 2 aromatic heterocycles. The van der Waals surface area contributed by atoms with Crippen molar-refractivity contribution in [2.45, 2.75) is 18.6 Å². The summed E-state index contributed by atoms with van der Waals surface area (Å²) < 4.78 is 25.1. The molecule has 0 saturated heterocycles. The van der Waals surface area contributed by atoms with Crippen molar-refractivity contribution in [3.63, 3.8) is 0 Å². The predicted molar refractivity (Wildman–Crippen MR) is 154 cm³/mol. The van der Waals surface area contributed by atoms with Crippen molar-refractivity contribution >= 4 is 50.0 Å². The van der Waals surface area contributed by atoms with Gasteiger partial charge in [-0.1, -0.05) is 30.4 Å². The Hall–Kier alpha value is -4.18. The third-order valence-electron chi connectivity index (χ3n) is 6.40. The molecule has 9 nitrogen and oxygen atoms in total. The Bertz CT molecular complexity index is 1620. The lowest BCUT2D eigenvalue weighted by Gasteiger charge is -2.19. The minimum atomic E-state index is -3.08. The highest BCUT2D eigenvalue weighted by molar-refractivity contribution is 7.89. The van der Waals surface area contributed by atoms with E-state index in [1.54, 1.807) is 18.3 Å². The van der Waals surface area contributed by atoms with Crippen LogP contribution in [0.4, 0.5) is 29.1 Å². The van der Waals surface area contributed by atoms with Crippen LogP contribution in [0.5, 0.6) is 0 Å². The van der Waals surface area contributed by atoms with Gasteiger partial charge in [0.2, 0.25) is 11.9 Å². The molecule has 0 radical (unpaired) electrons. The highest BCUT2D eigenvalue weighted by atomic mass is 32.2. The van der Waals surface area contributed by atoms with Crippen LogP contribution >= 0.6 is 0 Å². The van der Waals surface area contributed by atoms with Crippen LogP contribution in [-0.4, -0.2) is 47.8 Å². The number of hydrogen-bond acceptors (Lipinski definition) is 8. The zero-order valence-electron chi connectivity index (χ0n) is 21.7. The molecule has 2 heterocycles. The molecular weight excluding hydrogens is 498 g/mol. The van der Waals surface area contributed by atoms with Gasteiger partial charge in [0.1, 0.15) is 5.82 Å². The van der Waals surface area contributed by atoms with E-state index in [1.807, 2.05) is 37.2 Å². The molecule has 0 bridgehead atoms. The van der Waals surface area contributed by atoms with Crippen molar-refractivity contribution in [2.24, 2.45) is 7.05 Å². The fourth-order valence-corrected chi connectivity index (χ4v) is 5.18. The van der Waals surface area contributed by atoms with Gasteiger partial charge in [-0.15, -0.1) is 0 Å². The van der Waals surface area contributed by atoms with Crippen LogP contribution in [0.3, 0.4) is 0 Å². The summed E-state index contributed by atoms with van der Waals surface area (Å²) in [5.41, 5.74) is 5.68. The molecule has 2 aromatic carbocycles. The van der Waals surface area contributed by atoms with Crippen molar-refractivity contribution < 1.29 is 8.42 Å². The van der Waals surface area contributed by atoms with Gasteiger partial charge in [-0.3, -0.25) is 0 Å². The van der Waals surface area contributed by atoms with Crippen LogP contribution in [0.2, 0.25) is 0 Å². The second kappa shape index (κ2) is 10.7. The normalized spacial score (nSPS) is 13.4. The zero-order valence-corrected chi connectivity index (χ0v) is 22.5. The molecule has 0 atom stereocenters. The minimum Gasteiger partial charge on any atom is -0.352 e. The second-order valence-corrected chi connectivity index (χ2v) is 11.6. The number of allylic oxidation sites excluding steroid dienone is 2. The van der Waals surface area contributed by atoms with Crippen LogP contribution < -0.4 is 15.5 Å². The first-order chi connectivity index (χ1) is 18.2. The molecule has 10 heteroatoms. The van der Waals surface area contributed by atoms with Gasteiger partial charge in [-0.25, -0.2) is 18.4 Å². The number of rotatable bonds is 9. The molecule has 1 aliphatic carbocycles. The molecule has 38 heavy (non-hydrogen) atoms. The monoisotopic (exact) mass is 529 g/mol. The Morgan fingerprint density at radius 2 is 1.87 bits per heavy atom. The number of anilines is 5. The van der Waals surface area contributed by atoms with E-state index in [1.165, 1.54) is 11.8 Å². The number of hydrogen-bond donors (Lipinski definition) is 2. The van der Waals surface area contributed by atoms with E-state index in [0.717, 1.165) is 59.1 Å². The largest absolute Gasteiger partial charge is 0.352 e. The van der Waals surface area contributed by atoms with E-state index in [0.29, 0.717) is 5.95 Å². The average Bonchev–Trinajstić information content (AvgIpc) is 3.22.